The van der Waals surface area contributed by atoms with E-state index in [-0.39, 0.29) is 0 Å². The molecule has 4 aliphatic carbocycles. The molecule has 5 unspecified atom stereocenters. The highest BCUT2D eigenvalue weighted by atomic mass is 16.3. The summed E-state index contributed by atoms with van der Waals surface area (Å²) in [7, 11) is 0. The number of para-hydroxylation sites is 1. The normalized spacial score (nSPS) is 23.8. The van der Waals surface area contributed by atoms with Gasteiger partial charge < -0.3 is 4.42 Å². The van der Waals surface area contributed by atoms with Gasteiger partial charge in [0.05, 0.1) is 0 Å². The first-order valence-electron chi connectivity index (χ1n) is 18.5. The van der Waals surface area contributed by atoms with Crippen LogP contribution in [0.25, 0.3) is 23.1 Å². The van der Waals surface area contributed by atoms with Crippen molar-refractivity contribution in [3.05, 3.63) is 177 Å². The zero-order valence-electron chi connectivity index (χ0n) is 29.2. The maximum atomic E-state index is 6.14. The maximum absolute atomic E-state index is 6.14. The Morgan fingerprint density at radius 2 is 1.59 bits per heavy atom. The van der Waals surface area contributed by atoms with Crippen LogP contribution >= 0.6 is 0 Å². The van der Waals surface area contributed by atoms with Gasteiger partial charge in [0.2, 0.25) is 0 Å². The largest absolute Gasteiger partial charge is 0.456 e. The fourth-order valence-corrected chi connectivity index (χ4v) is 8.49. The fourth-order valence-electron chi connectivity index (χ4n) is 8.49. The van der Waals surface area contributed by atoms with Gasteiger partial charge in [0, 0.05) is 34.3 Å². The number of aryl methyl sites for hydroxylation is 1. The smallest absolute Gasteiger partial charge is 0.135 e. The van der Waals surface area contributed by atoms with E-state index in [1.54, 1.807) is 5.57 Å². The van der Waals surface area contributed by atoms with E-state index >= 15 is 0 Å². The van der Waals surface area contributed by atoms with Crippen molar-refractivity contribution >= 4 is 23.1 Å². The highest BCUT2D eigenvalue weighted by molar-refractivity contribution is 5.79. The first kappa shape index (κ1) is 31.6. The van der Waals surface area contributed by atoms with Gasteiger partial charge in [-0.05, 0) is 104 Å². The molecule has 246 valence electrons. The predicted molar refractivity (Wildman–Crippen MR) is 207 cm³/mol. The summed E-state index contributed by atoms with van der Waals surface area (Å²) in [6, 6.07) is 26.9. The Morgan fingerprint density at radius 3 is 2.39 bits per heavy atom. The van der Waals surface area contributed by atoms with Gasteiger partial charge in [0.25, 0.3) is 0 Å². The van der Waals surface area contributed by atoms with Gasteiger partial charge in [0.1, 0.15) is 11.0 Å². The molecular formula is C48H48O. The SMILES string of the molecule is CC1=CC=C(CCC(C2=CCC(C3=CC(c4ccccc4C)C(C)C=C3)C=C2)c2ccc(C3C=c4c(oc5ccccc45)=CC3)cc2)CC1. The van der Waals surface area contributed by atoms with E-state index in [1.165, 1.54) is 62.4 Å². The molecule has 0 spiro atoms. The molecule has 1 heteroatoms. The molecule has 0 radical (unpaired) electrons. The van der Waals surface area contributed by atoms with Crippen LogP contribution in [0.15, 0.2) is 148 Å². The van der Waals surface area contributed by atoms with Crippen molar-refractivity contribution in [1.29, 1.82) is 0 Å². The second kappa shape index (κ2) is 13.7. The summed E-state index contributed by atoms with van der Waals surface area (Å²) in [6.45, 7) is 6.86. The molecule has 4 aliphatic rings. The van der Waals surface area contributed by atoms with Gasteiger partial charge in [-0.25, -0.2) is 0 Å². The number of fused-ring (bicyclic) bond motifs is 3. The molecule has 0 fully saturated rings. The first-order valence-corrected chi connectivity index (χ1v) is 18.5. The third kappa shape index (κ3) is 6.56. The Hall–Kier alpha value is -4.62. The van der Waals surface area contributed by atoms with E-state index in [9.17, 15) is 0 Å². The summed E-state index contributed by atoms with van der Waals surface area (Å²) in [5.74, 6) is 2.12. The van der Waals surface area contributed by atoms with E-state index in [0.717, 1.165) is 36.7 Å². The molecule has 0 saturated carbocycles. The Labute approximate surface area is 292 Å². The van der Waals surface area contributed by atoms with E-state index in [4.69, 9.17) is 4.42 Å². The standard InChI is InChI=1S/C48H48O/c1-32-12-15-35(16-13-32)17-28-43(38-23-19-36(20-24-38)40-18-14-34(3)45(30-40)42-9-5-4-8-33(42)2)39-25-21-37(22-26-39)41-27-29-48-46(31-41)44-10-6-7-11-47(44)49-48/h4-12,14-15,18-19,21-26,29-31,34,36,41,43,45H,13,16-17,20,27-28H2,1-3H3. The highest BCUT2D eigenvalue weighted by Crippen LogP contribution is 2.41. The van der Waals surface area contributed by atoms with E-state index < -0.39 is 0 Å². The van der Waals surface area contributed by atoms with Crippen LogP contribution in [0.2, 0.25) is 0 Å². The molecule has 0 saturated heterocycles. The van der Waals surface area contributed by atoms with Crippen molar-refractivity contribution in [2.45, 2.75) is 77.0 Å². The lowest BCUT2D eigenvalue weighted by Crippen LogP contribution is -2.24. The minimum absolute atomic E-state index is 0.362. The zero-order chi connectivity index (χ0) is 33.3. The van der Waals surface area contributed by atoms with Crippen LogP contribution in [0.3, 0.4) is 0 Å². The van der Waals surface area contributed by atoms with Crippen LogP contribution in [-0.4, -0.2) is 0 Å². The average molecular weight is 641 g/mol. The molecule has 0 aliphatic heterocycles. The Balaban J connectivity index is 1.04. The second-order valence-corrected chi connectivity index (χ2v) is 14.9. The van der Waals surface area contributed by atoms with Crippen LogP contribution < -0.4 is 10.6 Å². The number of rotatable bonds is 8. The highest BCUT2D eigenvalue weighted by Gasteiger charge is 2.25. The molecule has 3 aromatic carbocycles. The lowest BCUT2D eigenvalue weighted by molar-refractivity contribution is 0.570. The number of hydrogen-bond acceptors (Lipinski definition) is 1. The van der Waals surface area contributed by atoms with E-state index in [2.05, 4.69) is 154 Å². The van der Waals surface area contributed by atoms with Crippen LogP contribution in [0.4, 0.5) is 0 Å². The lowest BCUT2D eigenvalue weighted by Gasteiger charge is -2.29. The van der Waals surface area contributed by atoms with Gasteiger partial charge in [-0.15, -0.1) is 0 Å². The Bertz CT molecular complexity index is 2170. The minimum Gasteiger partial charge on any atom is -0.456 e. The third-order valence-corrected chi connectivity index (χ3v) is 11.6. The zero-order valence-corrected chi connectivity index (χ0v) is 29.2. The quantitative estimate of drug-likeness (QED) is 0.187. The summed E-state index contributed by atoms with van der Waals surface area (Å²) >= 11 is 0. The molecule has 5 atom stereocenters. The Kier molecular flexibility index (Phi) is 8.85. The van der Waals surface area contributed by atoms with Gasteiger partial charge in [0.15, 0.2) is 0 Å². The van der Waals surface area contributed by atoms with Crippen molar-refractivity contribution in [2.24, 2.45) is 11.8 Å². The number of benzene rings is 3. The molecule has 8 rings (SSSR count). The summed E-state index contributed by atoms with van der Waals surface area (Å²) in [5, 5.41) is 2.46. The van der Waals surface area contributed by atoms with Gasteiger partial charge >= 0.3 is 0 Å². The van der Waals surface area contributed by atoms with Gasteiger partial charge in [-0.1, -0.05) is 139 Å². The van der Waals surface area contributed by atoms with Crippen molar-refractivity contribution in [1.82, 2.24) is 0 Å². The third-order valence-electron chi connectivity index (χ3n) is 11.6. The summed E-state index contributed by atoms with van der Waals surface area (Å²) < 4.78 is 6.14. The van der Waals surface area contributed by atoms with Crippen molar-refractivity contribution in [3.63, 3.8) is 0 Å². The summed E-state index contributed by atoms with van der Waals surface area (Å²) in [6.07, 6.45) is 31.0. The Morgan fingerprint density at radius 1 is 0.776 bits per heavy atom. The number of allylic oxidation sites excluding steroid dienone is 12. The van der Waals surface area contributed by atoms with Crippen molar-refractivity contribution < 1.29 is 4.42 Å². The topological polar surface area (TPSA) is 13.1 Å². The summed E-state index contributed by atoms with van der Waals surface area (Å²) in [4.78, 5) is 0. The van der Waals surface area contributed by atoms with Crippen LogP contribution in [0.1, 0.15) is 92.4 Å². The molecule has 0 N–H and O–H groups in total. The average Bonchev–Trinajstić information content (AvgIpc) is 3.52. The summed E-state index contributed by atoms with van der Waals surface area (Å²) in [5.41, 5.74) is 13.7. The fraction of sp³-hybridized carbons (Fsp3) is 0.292. The lowest BCUT2D eigenvalue weighted by atomic mass is 9.75. The molecule has 1 heterocycles. The predicted octanol–water partition coefficient (Wildman–Crippen LogP) is 11.4. The molecule has 49 heavy (non-hydrogen) atoms. The van der Waals surface area contributed by atoms with Crippen molar-refractivity contribution in [3.8, 4) is 0 Å². The second-order valence-electron chi connectivity index (χ2n) is 14.9. The number of furan rings is 1. The molecule has 0 amide bonds. The van der Waals surface area contributed by atoms with Crippen LogP contribution in [0.5, 0.6) is 0 Å². The molecule has 0 bridgehead atoms. The van der Waals surface area contributed by atoms with Crippen molar-refractivity contribution in [2.75, 3.05) is 0 Å². The first-order chi connectivity index (χ1) is 24.0. The minimum atomic E-state index is 0.362. The molecule has 1 aromatic heterocycles. The monoisotopic (exact) mass is 640 g/mol. The maximum Gasteiger partial charge on any atom is 0.135 e. The molecular weight excluding hydrogens is 593 g/mol. The van der Waals surface area contributed by atoms with Crippen LogP contribution in [0, 0.1) is 18.8 Å². The van der Waals surface area contributed by atoms with Crippen LogP contribution in [-0.2, 0) is 0 Å². The molecule has 1 nitrogen and oxygen atoms in total. The van der Waals surface area contributed by atoms with Gasteiger partial charge in [-0.3, -0.25) is 0 Å². The number of hydrogen-bond donors (Lipinski definition) is 0. The van der Waals surface area contributed by atoms with E-state index in [1.807, 2.05) is 0 Å². The van der Waals surface area contributed by atoms with E-state index in [0.29, 0.717) is 29.6 Å². The molecule has 4 aromatic rings. The van der Waals surface area contributed by atoms with Gasteiger partial charge in [-0.2, -0.15) is 0 Å².